The minimum atomic E-state index is -0.503. The maximum Gasteiger partial charge on any atom is 0.407 e. The molecule has 0 saturated carbocycles. The van der Waals surface area contributed by atoms with Crippen LogP contribution in [0.3, 0.4) is 0 Å². The van der Waals surface area contributed by atoms with Gasteiger partial charge in [-0.1, -0.05) is 18.2 Å². The maximum absolute atomic E-state index is 12.7. The molecule has 0 spiro atoms. The first-order valence-electron chi connectivity index (χ1n) is 8.66. The van der Waals surface area contributed by atoms with Crippen LogP contribution in [0.15, 0.2) is 30.3 Å². The van der Waals surface area contributed by atoms with Gasteiger partial charge >= 0.3 is 6.09 Å². The zero-order valence-corrected chi connectivity index (χ0v) is 15.0. The molecule has 2 heterocycles. The molecule has 2 aromatic rings. The molecule has 2 amide bonds. The summed E-state index contributed by atoms with van der Waals surface area (Å²) in [5.74, 6) is 0.261. The van der Waals surface area contributed by atoms with Gasteiger partial charge in [-0.25, -0.2) is 4.79 Å². The van der Waals surface area contributed by atoms with E-state index in [9.17, 15) is 9.59 Å². The molecule has 1 aliphatic rings. The number of ether oxygens (including phenoxy) is 1. The van der Waals surface area contributed by atoms with E-state index >= 15 is 0 Å². The van der Waals surface area contributed by atoms with Gasteiger partial charge in [0.25, 0.3) is 5.91 Å². The summed E-state index contributed by atoms with van der Waals surface area (Å²) in [7, 11) is 0. The number of aromatic amines is 1. The smallest absolute Gasteiger partial charge is 0.407 e. The van der Waals surface area contributed by atoms with Crippen LogP contribution in [-0.4, -0.2) is 47.1 Å². The van der Waals surface area contributed by atoms with Crippen molar-refractivity contribution in [3.63, 3.8) is 0 Å². The molecule has 6 heteroatoms. The van der Waals surface area contributed by atoms with Gasteiger partial charge in [0.1, 0.15) is 11.3 Å². The summed E-state index contributed by atoms with van der Waals surface area (Å²) in [4.78, 5) is 29.4. The van der Waals surface area contributed by atoms with Crippen molar-refractivity contribution in [2.24, 2.45) is 5.92 Å². The highest BCUT2D eigenvalue weighted by molar-refractivity contribution is 5.98. The fourth-order valence-electron chi connectivity index (χ4n) is 3.08. The zero-order chi connectivity index (χ0) is 18.0. The number of amides is 2. The Morgan fingerprint density at radius 3 is 2.80 bits per heavy atom. The van der Waals surface area contributed by atoms with Crippen molar-refractivity contribution in [1.29, 1.82) is 0 Å². The van der Waals surface area contributed by atoms with Gasteiger partial charge < -0.3 is 19.9 Å². The number of fused-ring (bicyclic) bond motifs is 1. The Morgan fingerprint density at radius 2 is 2.08 bits per heavy atom. The molecule has 134 valence electrons. The Hall–Kier alpha value is -2.50. The number of benzene rings is 1. The number of hydrogen-bond acceptors (Lipinski definition) is 3. The number of carbonyl (C=O) groups is 2. The number of hydrogen-bond donors (Lipinski definition) is 2. The summed E-state index contributed by atoms with van der Waals surface area (Å²) in [6.07, 6.45) is 0.467. The van der Waals surface area contributed by atoms with E-state index in [-0.39, 0.29) is 11.8 Å². The second-order valence-corrected chi connectivity index (χ2v) is 7.56. The highest BCUT2D eigenvalue weighted by Crippen LogP contribution is 2.21. The van der Waals surface area contributed by atoms with E-state index in [1.54, 1.807) is 0 Å². The van der Waals surface area contributed by atoms with E-state index in [1.807, 2.05) is 56.0 Å². The zero-order valence-electron chi connectivity index (χ0n) is 15.0. The molecule has 1 atom stereocenters. The molecule has 0 aliphatic carbocycles. The largest absolute Gasteiger partial charge is 0.444 e. The Morgan fingerprint density at radius 1 is 1.32 bits per heavy atom. The number of para-hydroxylation sites is 1. The van der Waals surface area contributed by atoms with Gasteiger partial charge in [0.2, 0.25) is 0 Å². The van der Waals surface area contributed by atoms with Gasteiger partial charge in [0, 0.05) is 30.5 Å². The number of carbonyl (C=O) groups excluding carboxylic acids is 2. The van der Waals surface area contributed by atoms with Crippen LogP contribution in [0.25, 0.3) is 10.9 Å². The first-order chi connectivity index (χ1) is 11.8. The highest BCUT2D eigenvalue weighted by Gasteiger charge is 2.28. The second-order valence-electron chi connectivity index (χ2n) is 7.56. The fraction of sp³-hybridized carbons (Fsp3) is 0.474. The first-order valence-corrected chi connectivity index (χ1v) is 8.66. The number of rotatable bonds is 3. The molecule has 1 aromatic carbocycles. The molecule has 1 saturated heterocycles. The van der Waals surface area contributed by atoms with Crippen molar-refractivity contribution in [2.45, 2.75) is 32.8 Å². The van der Waals surface area contributed by atoms with Crippen LogP contribution in [0.2, 0.25) is 0 Å². The molecule has 0 bridgehead atoms. The third-order valence-electron chi connectivity index (χ3n) is 4.27. The van der Waals surface area contributed by atoms with E-state index in [0.717, 1.165) is 17.3 Å². The molecule has 1 aliphatic heterocycles. The van der Waals surface area contributed by atoms with Crippen LogP contribution in [0, 0.1) is 5.92 Å². The molecule has 2 N–H and O–H groups in total. The number of H-pyrrole nitrogens is 1. The Balaban J connectivity index is 1.53. The average Bonchev–Trinajstić information content (AvgIpc) is 3.17. The summed E-state index contributed by atoms with van der Waals surface area (Å²) in [5.41, 5.74) is 1.08. The molecule has 1 aromatic heterocycles. The molecular weight excluding hydrogens is 318 g/mol. The normalized spacial score (nSPS) is 17.7. The second kappa shape index (κ2) is 6.78. The highest BCUT2D eigenvalue weighted by atomic mass is 16.6. The third-order valence-corrected chi connectivity index (χ3v) is 4.27. The monoisotopic (exact) mass is 343 g/mol. The van der Waals surface area contributed by atoms with Crippen LogP contribution < -0.4 is 5.32 Å². The van der Waals surface area contributed by atoms with Crippen molar-refractivity contribution in [1.82, 2.24) is 15.2 Å². The van der Waals surface area contributed by atoms with Gasteiger partial charge in [0.05, 0.1) is 0 Å². The van der Waals surface area contributed by atoms with Crippen molar-refractivity contribution in [3.8, 4) is 0 Å². The number of nitrogens with zero attached hydrogens (tertiary/aromatic N) is 1. The topological polar surface area (TPSA) is 74.4 Å². The van der Waals surface area contributed by atoms with Crippen LogP contribution in [0.1, 0.15) is 37.7 Å². The van der Waals surface area contributed by atoms with Crippen molar-refractivity contribution < 1.29 is 14.3 Å². The summed E-state index contributed by atoms with van der Waals surface area (Å²) in [5, 5.41) is 3.83. The standard InChI is InChI=1S/C19H25N3O3/c1-19(2,3)25-18(24)20-11-13-8-9-22(12-13)17(23)16-10-14-6-4-5-7-15(14)21-16/h4-7,10,13,21H,8-9,11-12H2,1-3H3,(H,20,24)/t13-/m0/s1. The molecule has 0 unspecified atom stereocenters. The van der Waals surface area contributed by atoms with Crippen molar-refractivity contribution >= 4 is 22.9 Å². The molecular formula is C19H25N3O3. The number of nitrogens with one attached hydrogen (secondary N) is 2. The van der Waals surface area contributed by atoms with Crippen molar-refractivity contribution in [2.75, 3.05) is 19.6 Å². The number of likely N-dealkylation sites (tertiary alicyclic amines) is 1. The Kier molecular flexibility index (Phi) is 4.70. The summed E-state index contributed by atoms with van der Waals surface area (Å²) >= 11 is 0. The quantitative estimate of drug-likeness (QED) is 0.899. The van der Waals surface area contributed by atoms with E-state index in [2.05, 4.69) is 10.3 Å². The lowest BCUT2D eigenvalue weighted by atomic mass is 10.1. The van der Waals surface area contributed by atoms with E-state index in [4.69, 9.17) is 4.74 Å². The fourth-order valence-corrected chi connectivity index (χ4v) is 3.08. The van der Waals surface area contributed by atoms with E-state index in [1.165, 1.54) is 0 Å². The lowest BCUT2D eigenvalue weighted by Gasteiger charge is -2.21. The summed E-state index contributed by atoms with van der Waals surface area (Å²) in [6, 6.07) is 9.74. The predicted octanol–water partition coefficient (Wildman–Crippen LogP) is 3.15. The maximum atomic E-state index is 12.7. The lowest BCUT2D eigenvalue weighted by molar-refractivity contribution is 0.0520. The van der Waals surface area contributed by atoms with E-state index < -0.39 is 11.7 Å². The predicted molar refractivity (Wildman–Crippen MR) is 96.5 cm³/mol. The molecule has 3 rings (SSSR count). The average molecular weight is 343 g/mol. The van der Waals surface area contributed by atoms with Crippen LogP contribution in [-0.2, 0) is 4.74 Å². The molecule has 0 radical (unpaired) electrons. The first kappa shape index (κ1) is 17.3. The van der Waals surface area contributed by atoms with Crippen molar-refractivity contribution in [3.05, 3.63) is 36.0 Å². The summed E-state index contributed by atoms with van der Waals surface area (Å²) in [6.45, 7) is 7.37. The molecule has 1 fully saturated rings. The molecule has 25 heavy (non-hydrogen) atoms. The minimum Gasteiger partial charge on any atom is -0.444 e. The van der Waals surface area contributed by atoms with Crippen LogP contribution in [0.5, 0.6) is 0 Å². The Labute approximate surface area is 147 Å². The van der Waals surface area contributed by atoms with Gasteiger partial charge in [-0.2, -0.15) is 0 Å². The summed E-state index contributed by atoms with van der Waals surface area (Å²) < 4.78 is 5.24. The lowest BCUT2D eigenvalue weighted by Crippen LogP contribution is -2.36. The SMILES string of the molecule is CC(C)(C)OC(=O)NC[C@@H]1CCN(C(=O)c2cc3ccccc3[nH]2)C1. The van der Waals surface area contributed by atoms with Gasteiger partial charge in [0.15, 0.2) is 0 Å². The van der Waals surface area contributed by atoms with Gasteiger partial charge in [-0.3, -0.25) is 4.79 Å². The van der Waals surface area contributed by atoms with E-state index in [0.29, 0.717) is 25.3 Å². The number of alkyl carbamates (subject to hydrolysis) is 1. The van der Waals surface area contributed by atoms with Crippen LogP contribution >= 0.6 is 0 Å². The van der Waals surface area contributed by atoms with Gasteiger partial charge in [-0.15, -0.1) is 0 Å². The van der Waals surface area contributed by atoms with Gasteiger partial charge in [-0.05, 0) is 45.2 Å². The third kappa shape index (κ3) is 4.32. The Bertz CT molecular complexity index is 743. The van der Waals surface area contributed by atoms with Crippen LogP contribution in [0.4, 0.5) is 4.79 Å². The minimum absolute atomic E-state index is 0.0102. The number of aromatic nitrogens is 1. The molecule has 6 nitrogen and oxygen atoms in total.